The predicted octanol–water partition coefficient (Wildman–Crippen LogP) is 3.13. The van der Waals surface area contributed by atoms with E-state index >= 15 is 0 Å². The fraction of sp³-hybridized carbons (Fsp3) is 0.238. The fourth-order valence-electron chi connectivity index (χ4n) is 2.80. The average molecular weight is 427 g/mol. The van der Waals surface area contributed by atoms with Gasteiger partial charge in [-0.15, -0.1) is 10.2 Å². The van der Waals surface area contributed by atoms with Crippen molar-refractivity contribution in [1.29, 1.82) is 0 Å². The van der Waals surface area contributed by atoms with Crippen LogP contribution in [-0.2, 0) is 0 Å². The number of hydrazone groups is 1. The van der Waals surface area contributed by atoms with E-state index in [2.05, 4.69) is 20.6 Å². The van der Waals surface area contributed by atoms with Crippen molar-refractivity contribution in [3.63, 3.8) is 0 Å². The van der Waals surface area contributed by atoms with Gasteiger partial charge in [-0.3, -0.25) is 4.79 Å². The lowest BCUT2D eigenvalue weighted by molar-refractivity contribution is 0.0787. The van der Waals surface area contributed by atoms with Crippen molar-refractivity contribution < 1.29 is 22.7 Å². The molecule has 1 N–H and O–H groups in total. The molecule has 1 aliphatic rings. The maximum absolute atomic E-state index is 12.8. The molecule has 31 heavy (non-hydrogen) atoms. The summed E-state index contributed by atoms with van der Waals surface area (Å²) in [5.74, 6) is -0.503. The van der Waals surface area contributed by atoms with Crippen molar-refractivity contribution in [2.24, 2.45) is 5.10 Å². The first-order valence-corrected chi connectivity index (χ1v) is 9.51. The maximum atomic E-state index is 12.8. The molecule has 1 amide bonds. The SMILES string of the molecule is CN(/N=C/c1ccc(-c2nnc(C(F)F)o2)cc1)C(=O)c1ccccc1OC1CNC1. The molecule has 0 spiro atoms. The highest BCUT2D eigenvalue weighted by Gasteiger charge is 2.22. The van der Waals surface area contributed by atoms with Crippen molar-refractivity contribution in [3.8, 4) is 17.2 Å². The fourth-order valence-corrected chi connectivity index (χ4v) is 2.80. The van der Waals surface area contributed by atoms with Gasteiger partial charge < -0.3 is 14.5 Å². The predicted molar refractivity (Wildman–Crippen MR) is 108 cm³/mol. The van der Waals surface area contributed by atoms with E-state index in [0.29, 0.717) is 22.4 Å². The smallest absolute Gasteiger partial charge is 0.314 e. The van der Waals surface area contributed by atoms with E-state index in [1.165, 1.54) is 11.2 Å². The molecule has 0 unspecified atom stereocenters. The number of rotatable bonds is 7. The summed E-state index contributed by atoms with van der Waals surface area (Å²) >= 11 is 0. The largest absolute Gasteiger partial charge is 0.487 e. The summed E-state index contributed by atoms with van der Waals surface area (Å²) in [6.45, 7) is 1.50. The molecule has 4 rings (SSSR count). The second kappa shape index (κ2) is 9.00. The van der Waals surface area contributed by atoms with Gasteiger partial charge in [0.2, 0.25) is 5.89 Å². The second-order valence-corrected chi connectivity index (χ2v) is 6.84. The number of nitrogens with one attached hydrogen (secondary N) is 1. The van der Waals surface area contributed by atoms with Gasteiger partial charge in [0.25, 0.3) is 11.8 Å². The van der Waals surface area contributed by atoms with E-state index in [4.69, 9.17) is 9.15 Å². The first-order chi connectivity index (χ1) is 15.0. The second-order valence-electron chi connectivity index (χ2n) is 6.84. The molecule has 10 heteroatoms. The van der Waals surface area contributed by atoms with Crippen molar-refractivity contribution in [2.45, 2.75) is 12.5 Å². The monoisotopic (exact) mass is 427 g/mol. The third-order valence-electron chi connectivity index (χ3n) is 4.61. The molecule has 160 valence electrons. The van der Waals surface area contributed by atoms with E-state index in [1.807, 2.05) is 6.07 Å². The van der Waals surface area contributed by atoms with E-state index in [1.54, 1.807) is 49.5 Å². The standard InChI is InChI=1S/C21H19F2N5O3/c1-28(21(29)16-4-2-3-5-17(16)30-15-11-24-12-15)25-10-13-6-8-14(9-7-13)19-26-27-20(31-19)18(22)23/h2-10,15,18,24H,11-12H2,1H3/b25-10+. The molecule has 0 atom stereocenters. The molecule has 2 heterocycles. The molecule has 1 aromatic heterocycles. The summed E-state index contributed by atoms with van der Waals surface area (Å²) < 4.78 is 35.9. The molecule has 1 saturated heterocycles. The first kappa shape index (κ1) is 20.6. The third-order valence-corrected chi connectivity index (χ3v) is 4.61. The van der Waals surface area contributed by atoms with Gasteiger partial charge in [0.15, 0.2) is 0 Å². The Morgan fingerprint density at radius 1 is 1.23 bits per heavy atom. The van der Waals surface area contributed by atoms with Crippen LogP contribution >= 0.6 is 0 Å². The number of hydrogen-bond acceptors (Lipinski definition) is 7. The van der Waals surface area contributed by atoms with Gasteiger partial charge >= 0.3 is 6.43 Å². The summed E-state index contributed by atoms with van der Waals surface area (Å²) in [6.07, 6.45) is -1.25. The van der Waals surface area contributed by atoms with Crippen LogP contribution in [0.1, 0.15) is 28.2 Å². The zero-order valence-electron chi connectivity index (χ0n) is 16.5. The Balaban J connectivity index is 1.43. The van der Waals surface area contributed by atoms with Gasteiger partial charge in [-0.25, -0.2) is 5.01 Å². The minimum atomic E-state index is -2.82. The Hall–Kier alpha value is -3.66. The molecule has 2 aromatic carbocycles. The van der Waals surface area contributed by atoms with Gasteiger partial charge in [-0.2, -0.15) is 13.9 Å². The summed E-state index contributed by atoms with van der Waals surface area (Å²) in [5, 5.41) is 15.5. The normalized spacial score (nSPS) is 14.1. The van der Waals surface area contributed by atoms with E-state index in [-0.39, 0.29) is 17.9 Å². The van der Waals surface area contributed by atoms with Crippen molar-refractivity contribution in [2.75, 3.05) is 20.1 Å². The Labute approximate surface area is 176 Å². The molecular weight excluding hydrogens is 408 g/mol. The molecule has 1 fully saturated rings. The number of carbonyl (C=O) groups excluding carboxylic acids is 1. The Morgan fingerprint density at radius 3 is 2.61 bits per heavy atom. The van der Waals surface area contributed by atoms with Gasteiger partial charge in [0.1, 0.15) is 11.9 Å². The van der Waals surface area contributed by atoms with Crippen LogP contribution in [0.4, 0.5) is 8.78 Å². The Morgan fingerprint density at radius 2 is 1.97 bits per heavy atom. The molecule has 8 nitrogen and oxygen atoms in total. The topological polar surface area (TPSA) is 92.9 Å². The zero-order valence-corrected chi connectivity index (χ0v) is 16.5. The number of amides is 1. The van der Waals surface area contributed by atoms with Crippen LogP contribution in [0, 0.1) is 0 Å². The molecule has 3 aromatic rings. The first-order valence-electron chi connectivity index (χ1n) is 9.51. The van der Waals surface area contributed by atoms with E-state index in [0.717, 1.165) is 13.1 Å². The van der Waals surface area contributed by atoms with Gasteiger partial charge in [-0.1, -0.05) is 24.3 Å². The number of halogens is 2. The average Bonchev–Trinajstić information content (AvgIpc) is 3.25. The van der Waals surface area contributed by atoms with Crippen LogP contribution in [0.25, 0.3) is 11.5 Å². The van der Waals surface area contributed by atoms with E-state index < -0.39 is 12.3 Å². The summed E-state index contributed by atoms with van der Waals surface area (Å²) in [4.78, 5) is 12.8. The number of aromatic nitrogens is 2. The Bertz CT molecular complexity index is 1080. The number of nitrogens with zero attached hydrogens (tertiary/aromatic N) is 4. The number of carbonyl (C=O) groups is 1. The summed E-state index contributed by atoms with van der Waals surface area (Å²) in [6, 6.07) is 13.7. The van der Waals surface area contributed by atoms with Crippen LogP contribution < -0.4 is 10.1 Å². The number of ether oxygens (including phenoxy) is 1. The zero-order chi connectivity index (χ0) is 21.8. The Kier molecular flexibility index (Phi) is 5.99. The molecule has 0 bridgehead atoms. The molecule has 1 aliphatic heterocycles. The minimum absolute atomic E-state index is 0.00403. The molecule has 0 saturated carbocycles. The quantitative estimate of drug-likeness (QED) is 0.460. The highest BCUT2D eigenvalue weighted by atomic mass is 19.3. The van der Waals surface area contributed by atoms with Crippen LogP contribution in [0.15, 0.2) is 58.0 Å². The minimum Gasteiger partial charge on any atom is -0.487 e. The lowest BCUT2D eigenvalue weighted by Gasteiger charge is -2.28. The van der Waals surface area contributed by atoms with Gasteiger partial charge in [0, 0.05) is 25.7 Å². The van der Waals surface area contributed by atoms with Crippen LogP contribution in [0.2, 0.25) is 0 Å². The molecular formula is C21H19F2N5O3. The number of benzene rings is 2. The lowest BCUT2D eigenvalue weighted by Crippen LogP contribution is -2.50. The van der Waals surface area contributed by atoms with E-state index in [9.17, 15) is 13.6 Å². The maximum Gasteiger partial charge on any atom is 0.314 e. The highest BCUT2D eigenvalue weighted by molar-refractivity contribution is 5.97. The highest BCUT2D eigenvalue weighted by Crippen LogP contribution is 2.24. The van der Waals surface area contributed by atoms with Crippen LogP contribution in [-0.4, -0.2) is 53.6 Å². The van der Waals surface area contributed by atoms with Crippen molar-refractivity contribution in [1.82, 2.24) is 20.5 Å². The van der Waals surface area contributed by atoms with Crippen molar-refractivity contribution in [3.05, 3.63) is 65.5 Å². The van der Waals surface area contributed by atoms with Crippen LogP contribution in [0.3, 0.4) is 0 Å². The number of para-hydroxylation sites is 1. The van der Waals surface area contributed by atoms with Gasteiger partial charge in [0.05, 0.1) is 11.8 Å². The molecule has 0 radical (unpaired) electrons. The van der Waals surface area contributed by atoms with Gasteiger partial charge in [-0.05, 0) is 29.8 Å². The third kappa shape index (κ3) is 4.75. The number of alkyl halides is 2. The van der Waals surface area contributed by atoms with Crippen LogP contribution in [0.5, 0.6) is 5.75 Å². The summed E-state index contributed by atoms with van der Waals surface area (Å²) in [5.41, 5.74) is 1.62. The van der Waals surface area contributed by atoms with Crippen molar-refractivity contribution >= 4 is 12.1 Å². The summed E-state index contributed by atoms with van der Waals surface area (Å²) in [7, 11) is 1.55. The number of hydrogen-bond donors (Lipinski definition) is 1. The lowest BCUT2D eigenvalue weighted by atomic mass is 10.1. The molecule has 0 aliphatic carbocycles.